The molecular weight excluding hydrogens is 270 g/mol. The van der Waals surface area contributed by atoms with E-state index in [9.17, 15) is 9.59 Å². The van der Waals surface area contributed by atoms with Crippen molar-refractivity contribution in [1.29, 1.82) is 0 Å². The van der Waals surface area contributed by atoms with Crippen LogP contribution >= 0.6 is 0 Å². The van der Waals surface area contributed by atoms with Crippen molar-refractivity contribution in [3.8, 4) is 0 Å². The molecular formula is C15H21N3O3. The largest absolute Gasteiger partial charge is 0.383 e. The van der Waals surface area contributed by atoms with Crippen LogP contribution in [0.1, 0.15) is 11.1 Å². The molecule has 1 atom stereocenters. The van der Waals surface area contributed by atoms with Crippen LogP contribution in [0.25, 0.3) is 0 Å². The molecule has 21 heavy (non-hydrogen) atoms. The van der Waals surface area contributed by atoms with Gasteiger partial charge in [-0.3, -0.25) is 9.59 Å². The van der Waals surface area contributed by atoms with E-state index in [4.69, 9.17) is 10.5 Å². The number of nitrogens with zero attached hydrogens (tertiary/aromatic N) is 1. The van der Waals surface area contributed by atoms with E-state index in [2.05, 4.69) is 5.32 Å². The zero-order valence-corrected chi connectivity index (χ0v) is 12.2. The van der Waals surface area contributed by atoms with Gasteiger partial charge in [-0.05, 0) is 11.1 Å². The number of nitrogens with one attached hydrogen (secondary N) is 1. The highest BCUT2D eigenvalue weighted by Gasteiger charge is 2.32. The molecule has 1 heterocycles. The quantitative estimate of drug-likeness (QED) is 0.702. The third kappa shape index (κ3) is 3.80. The van der Waals surface area contributed by atoms with Crippen LogP contribution in [0.5, 0.6) is 0 Å². The van der Waals surface area contributed by atoms with Crippen LogP contribution in [0.4, 0.5) is 0 Å². The Labute approximate surface area is 124 Å². The van der Waals surface area contributed by atoms with E-state index in [-0.39, 0.29) is 12.5 Å². The molecule has 6 heteroatoms. The zero-order valence-electron chi connectivity index (χ0n) is 12.2. The summed E-state index contributed by atoms with van der Waals surface area (Å²) in [6, 6.07) is 7.25. The summed E-state index contributed by atoms with van der Waals surface area (Å²) in [6.45, 7) is 1.73. The molecule has 1 unspecified atom stereocenters. The summed E-state index contributed by atoms with van der Waals surface area (Å²) < 4.78 is 4.91. The number of primary amides is 1. The lowest BCUT2D eigenvalue weighted by atomic mass is 9.93. The molecule has 0 radical (unpaired) electrons. The highest BCUT2D eigenvalue weighted by Crippen LogP contribution is 2.23. The molecule has 0 saturated carbocycles. The maximum atomic E-state index is 12.3. The van der Waals surface area contributed by atoms with Gasteiger partial charge in [0.1, 0.15) is 6.04 Å². The fourth-order valence-electron chi connectivity index (χ4n) is 2.51. The predicted molar refractivity (Wildman–Crippen MR) is 78.4 cm³/mol. The minimum Gasteiger partial charge on any atom is -0.383 e. The Hall–Kier alpha value is -1.92. The first-order valence-electron chi connectivity index (χ1n) is 6.98. The Morgan fingerprint density at radius 1 is 1.38 bits per heavy atom. The molecule has 1 aromatic rings. The second-order valence-electron chi connectivity index (χ2n) is 5.08. The van der Waals surface area contributed by atoms with E-state index in [0.29, 0.717) is 26.1 Å². The van der Waals surface area contributed by atoms with Crippen molar-refractivity contribution in [3.05, 3.63) is 35.4 Å². The summed E-state index contributed by atoms with van der Waals surface area (Å²) in [5.74, 6) is -0.584. The average Bonchev–Trinajstić information content (AvgIpc) is 2.50. The van der Waals surface area contributed by atoms with Crippen LogP contribution in [-0.4, -0.2) is 49.6 Å². The van der Waals surface area contributed by atoms with Gasteiger partial charge in [0.15, 0.2) is 0 Å². The van der Waals surface area contributed by atoms with Gasteiger partial charge in [-0.1, -0.05) is 24.3 Å². The fourth-order valence-corrected chi connectivity index (χ4v) is 2.51. The van der Waals surface area contributed by atoms with Gasteiger partial charge in [0.25, 0.3) is 0 Å². The number of rotatable bonds is 6. The number of methoxy groups -OCH3 is 1. The standard InChI is InChI=1S/C15H21N3O3/c1-21-7-6-17-9-14(19)18-10-12-5-3-2-4-11(12)8-13(18)15(16)20/h2-5,13,17H,6-10H2,1H3,(H2,16,20). The SMILES string of the molecule is COCCNCC(=O)N1Cc2ccccc2CC1C(N)=O. The molecule has 3 N–H and O–H groups in total. The van der Waals surface area contributed by atoms with Gasteiger partial charge < -0.3 is 20.7 Å². The van der Waals surface area contributed by atoms with Gasteiger partial charge in [0, 0.05) is 26.6 Å². The van der Waals surface area contributed by atoms with Crippen LogP contribution < -0.4 is 11.1 Å². The van der Waals surface area contributed by atoms with Gasteiger partial charge in [-0.2, -0.15) is 0 Å². The molecule has 1 aliphatic heterocycles. The van der Waals surface area contributed by atoms with E-state index in [1.807, 2.05) is 24.3 Å². The molecule has 0 saturated heterocycles. The predicted octanol–water partition coefficient (Wildman–Crippen LogP) is -0.339. The van der Waals surface area contributed by atoms with Gasteiger partial charge in [0.05, 0.1) is 13.2 Å². The summed E-state index contributed by atoms with van der Waals surface area (Å²) in [6.07, 6.45) is 0.481. The third-order valence-corrected chi connectivity index (χ3v) is 3.66. The van der Waals surface area contributed by atoms with Crippen molar-refractivity contribution in [2.24, 2.45) is 5.73 Å². The van der Waals surface area contributed by atoms with Crippen molar-refractivity contribution < 1.29 is 14.3 Å². The maximum Gasteiger partial charge on any atom is 0.240 e. The molecule has 114 valence electrons. The summed E-state index contributed by atoms with van der Waals surface area (Å²) in [5, 5.41) is 3.00. The molecule has 0 spiro atoms. The van der Waals surface area contributed by atoms with Crippen LogP contribution in [0.2, 0.25) is 0 Å². The normalized spacial score (nSPS) is 17.4. The number of hydrogen-bond acceptors (Lipinski definition) is 4. The monoisotopic (exact) mass is 291 g/mol. The molecule has 0 bridgehead atoms. The van der Waals surface area contributed by atoms with Crippen molar-refractivity contribution in [1.82, 2.24) is 10.2 Å². The molecule has 1 aliphatic rings. The topological polar surface area (TPSA) is 84.7 Å². The summed E-state index contributed by atoms with van der Waals surface area (Å²) in [4.78, 5) is 25.5. The molecule has 2 amide bonds. The number of fused-ring (bicyclic) bond motifs is 1. The van der Waals surface area contributed by atoms with Crippen LogP contribution in [0.3, 0.4) is 0 Å². The van der Waals surface area contributed by atoms with Gasteiger partial charge in [-0.25, -0.2) is 0 Å². The van der Waals surface area contributed by atoms with Gasteiger partial charge >= 0.3 is 0 Å². The van der Waals surface area contributed by atoms with Gasteiger partial charge in [0.2, 0.25) is 11.8 Å². The van der Waals surface area contributed by atoms with Crippen LogP contribution in [0.15, 0.2) is 24.3 Å². The first kappa shape index (κ1) is 15.5. The number of benzene rings is 1. The number of carbonyl (C=O) groups excluding carboxylic acids is 2. The Morgan fingerprint density at radius 2 is 2.10 bits per heavy atom. The summed E-state index contributed by atoms with van der Waals surface area (Å²) in [5.41, 5.74) is 7.61. The van der Waals surface area contributed by atoms with Crippen LogP contribution in [0, 0.1) is 0 Å². The maximum absolute atomic E-state index is 12.3. The van der Waals surface area contributed by atoms with E-state index < -0.39 is 11.9 Å². The molecule has 6 nitrogen and oxygen atoms in total. The molecule has 0 fully saturated rings. The number of nitrogens with two attached hydrogens (primary N) is 1. The van der Waals surface area contributed by atoms with Crippen LogP contribution in [-0.2, 0) is 27.3 Å². The second-order valence-corrected chi connectivity index (χ2v) is 5.08. The first-order chi connectivity index (χ1) is 10.1. The minimum absolute atomic E-state index is 0.121. The Kier molecular flexibility index (Phi) is 5.30. The zero-order chi connectivity index (χ0) is 15.2. The fraction of sp³-hybridized carbons (Fsp3) is 0.467. The third-order valence-electron chi connectivity index (χ3n) is 3.66. The Bertz CT molecular complexity index is 519. The Morgan fingerprint density at radius 3 is 2.76 bits per heavy atom. The van der Waals surface area contributed by atoms with Gasteiger partial charge in [-0.15, -0.1) is 0 Å². The van der Waals surface area contributed by atoms with Crippen molar-refractivity contribution in [2.45, 2.75) is 19.0 Å². The lowest BCUT2D eigenvalue weighted by molar-refractivity contribution is -0.139. The number of carbonyl (C=O) groups is 2. The minimum atomic E-state index is -0.573. The van der Waals surface area contributed by atoms with E-state index in [1.165, 1.54) is 0 Å². The average molecular weight is 291 g/mol. The number of amides is 2. The lowest BCUT2D eigenvalue weighted by Crippen LogP contribution is -2.53. The van der Waals surface area contributed by atoms with E-state index >= 15 is 0 Å². The highest BCUT2D eigenvalue weighted by atomic mass is 16.5. The lowest BCUT2D eigenvalue weighted by Gasteiger charge is -2.35. The molecule has 1 aromatic carbocycles. The number of ether oxygens (including phenoxy) is 1. The van der Waals surface area contributed by atoms with Crippen molar-refractivity contribution in [2.75, 3.05) is 26.8 Å². The second kappa shape index (κ2) is 7.19. The molecule has 0 aliphatic carbocycles. The smallest absolute Gasteiger partial charge is 0.240 e. The Balaban J connectivity index is 2.06. The van der Waals surface area contributed by atoms with E-state index in [1.54, 1.807) is 12.0 Å². The summed E-state index contributed by atoms with van der Waals surface area (Å²) >= 11 is 0. The highest BCUT2D eigenvalue weighted by molar-refractivity contribution is 5.88. The van der Waals surface area contributed by atoms with E-state index in [0.717, 1.165) is 11.1 Å². The van der Waals surface area contributed by atoms with Crippen molar-refractivity contribution >= 4 is 11.8 Å². The van der Waals surface area contributed by atoms with Crippen molar-refractivity contribution in [3.63, 3.8) is 0 Å². The number of hydrogen-bond donors (Lipinski definition) is 2. The first-order valence-corrected chi connectivity index (χ1v) is 6.98. The molecule has 2 rings (SSSR count). The molecule has 0 aromatic heterocycles. The summed E-state index contributed by atoms with van der Waals surface area (Å²) in [7, 11) is 1.61.